The molecule has 0 aliphatic heterocycles. The minimum absolute atomic E-state index is 0.0459. The van der Waals surface area contributed by atoms with Crippen LogP contribution in [0.3, 0.4) is 0 Å². The lowest BCUT2D eigenvalue weighted by atomic mass is 10.1. The number of hydrazone groups is 1. The van der Waals surface area contributed by atoms with Crippen molar-refractivity contribution in [2.24, 2.45) is 16.7 Å². The number of nitrogen functional groups attached to an aromatic ring is 1. The van der Waals surface area contributed by atoms with Gasteiger partial charge in [0, 0.05) is 10.4 Å². The van der Waals surface area contributed by atoms with E-state index >= 15 is 0 Å². The van der Waals surface area contributed by atoms with Crippen molar-refractivity contribution < 1.29 is 0 Å². The summed E-state index contributed by atoms with van der Waals surface area (Å²) in [4.78, 5) is 10.2. The van der Waals surface area contributed by atoms with E-state index < -0.39 is 0 Å². The fourth-order valence-corrected chi connectivity index (χ4v) is 3.69. The largest absolute Gasteiger partial charge is 0.384 e. The lowest BCUT2D eigenvalue weighted by Gasteiger charge is -1.98. The van der Waals surface area contributed by atoms with E-state index in [-0.39, 0.29) is 5.84 Å². The number of aromatic amines is 1. The summed E-state index contributed by atoms with van der Waals surface area (Å²) in [5, 5.41) is 11.1. The predicted molar refractivity (Wildman–Crippen MR) is 108 cm³/mol. The molecule has 0 unspecified atom stereocenters. The molecule has 0 aliphatic carbocycles. The van der Waals surface area contributed by atoms with Gasteiger partial charge in [-0.05, 0) is 41.5 Å². The maximum atomic E-state index is 7.55. The van der Waals surface area contributed by atoms with E-state index in [4.69, 9.17) is 17.0 Å². The molecule has 4 aromatic rings. The molecule has 2 aromatic carbocycles. The van der Waals surface area contributed by atoms with E-state index in [1.165, 1.54) is 0 Å². The van der Waals surface area contributed by atoms with Crippen molar-refractivity contribution in [3.05, 3.63) is 65.7 Å². The van der Waals surface area contributed by atoms with Crippen LogP contribution in [-0.2, 0) is 0 Å². The van der Waals surface area contributed by atoms with E-state index in [2.05, 4.69) is 27.2 Å². The monoisotopic (exact) mass is 360 g/mol. The summed E-state index contributed by atoms with van der Waals surface area (Å²) in [5.74, 6) is 6.03. The fourth-order valence-electron chi connectivity index (χ4n) is 2.73. The molecular formula is C19H16N6S. The number of thiophene rings is 1. The Morgan fingerprint density at radius 3 is 2.58 bits per heavy atom. The van der Waals surface area contributed by atoms with Gasteiger partial charge in [0.05, 0.1) is 22.1 Å². The molecule has 2 heterocycles. The standard InChI is InChI=1S/C19H16N6S/c20-18(21)13-5-6-14-15(9-13)25-19(24-14)17-8-7-16(26-17)12-3-1-11(2-4-12)10-23-22/h1-10H,22H2,(H3,20,21)(H,24,25)/b23-10+. The SMILES string of the molecule is N=C(N)c1ccc2nc(-c3ccc(-c4ccc(/C=N/N)cc4)s3)[nH]c2c1. The molecule has 128 valence electrons. The van der Waals surface area contributed by atoms with Gasteiger partial charge in [-0.2, -0.15) is 5.10 Å². The highest BCUT2D eigenvalue weighted by molar-refractivity contribution is 7.18. The second kappa shape index (κ2) is 6.45. The van der Waals surface area contributed by atoms with Gasteiger partial charge in [0.1, 0.15) is 11.7 Å². The third kappa shape index (κ3) is 2.96. The van der Waals surface area contributed by atoms with Crippen LogP contribution >= 0.6 is 11.3 Å². The highest BCUT2D eigenvalue weighted by Gasteiger charge is 2.10. The number of amidine groups is 1. The normalized spacial score (nSPS) is 11.4. The highest BCUT2D eigenvalue weighted by Crippen LogP contribution is 2.34. The van der Waals surface area contributed by atoms with Crippen molar-refractivity contribution in [2.45, 2.75) is 0 Å². The Kier molecular flexibility index (Phi) is 3.98. The van der Waals surface area contributed by atoms with Gasteiger partial charge in [0.25, 0.3) is 0 Å². The summed E-state index contributed by atoms with van der Waals surface area (Å²) in [6, 6.07) is 17.7. The molecular weight excluding hydrogens is 344 g/mol. The van der Waals surface area contributed by atoms with Crippen molar-refractivity contribution in [1.82, 2.24) is 9.97 Å². The smallest absolute Gasteiger partial charge is 0.148 e. The van der Waals surface area contributed by atoms with E-state index in [1.54, 1.807) is 23.6 Å². The number of benzene rings is 2. The van der Waals surface area contributed by atoms with Gasteiger partial charge in [-0.1, -0.05) is 24.3 Å². The minimum Gasteiger partial charge on any atom is -0.384 e. The average Bonchev–Trinajstić information content (AvgIpc) is 3.29. The first-order chi connectivity index (χ1) is 12.6. The summed E-state index contributed by atoms with van der Waals surface area (Å²) in [5.41, 5.74) is 10.1. The Hall–Kier alpha value is -3.45. The van der Waals surface area contributed by atoms with Gasteiger partial charge in [-0.15, -0.1) is 11.3 Å². The van der Waals surface area contributed by atoms with Crippen molar-refractivity contribution in [2.75, 3.05) is 0 Å². The number of hydrogen-bond acceptors (Lipinski definition) is 5. The van der Waals surface area contributed by atoms with Crippen LogP contribution in [-0.4, -0.2) is 22.0 Å². The molecule has 26 heavy (non-hydrogen) atoms. The maximum Gasteiger partial charge on any atom is 0.148 e. The van der Waals surface area contributed by atoms with E-state index in [0.29, 0.717) is 5.56 Å². The Balaban J connectivity index is 1.67. The molecule has 0 spiro atoms. The van der Waals surface area contributed by atoms with Crippen molar-refractivity contribution >= 4 is 34.4 Å². The summed E-state index contributed by atoms with van der Waals surface area (Å²) in [7, 11) is 0. The Labute approximate surface area is 153 Å². The molecule has 2 aromatic heterocycles. The van der Waals surface area contributed by atoms with E-state index in [0.717, 1.165) is 37.7 Å². The number of aromatic nitrogens is 2. The number of nitrogens with one attached hydrogen (secondary N) is 2. The summed E-state index contributed by atoms with van der Waals surface area (Å²) < 4.78 is 0. The van der Waals surface area contributed by atoms with Gasteiger partial charge in [0.2, 0.25) is 0 Å². The topological polar surface area (TPSA) is 117 Å². The summed E-state index contributed by atoms with van der Waals surface area (Å²) in [6.45, 7) is 0. The molecule has 0 bridgehead atoms. The number of H-pyrrole nitrogens is 1. The second-order valence-corrected chi connectivity index (χ2v) is 6.88. The first-order valence-electron chi connectivity index (χ1n) is 7.92. The van der Waals surface area contributed by atoms with E-state index in [9.17, 15) is 0 Å². The van der Waals surface area contributed by atoms with Crippen LogP contribution in [0.4, 0.5) is 0 Å². The zero-order valence-electron chi connectivity index (χ0n) is 13.7. The molecule has 0 amide bonds. The number of rotatable bonds is 4. The third-order valence-corrected chi connectivity index (χ3v) is 5.19. The number of imidazole rings is 1. The molecule has 0 aliphatic rings. The van der Waals surface area contributed by atoms with Gasteiger partial charge in [-0.25, -0.2) is 4.98 Å². The fraction of sp³-hybridized carbons (Fsp3) is 0. The second-order valence-electron chi connectivity index (χ2n) is 5.80. The minimum atomic E-state index is 0.0459. The van der Waals surface area contributed by atoms with Crippen LogP contribution in [0.25, 0.3) is 32.2 Å². The molecule has 0 atom stereocenters. The molecule has 6 N–H and O–H groups in total. The van der Waals surface area contributed by atoms with Crippen LogP contribution < -0.4 is 11.6 Å². The van der Waals surface area contributed by atoms with Crippen LogP contribution in [0.15, 0.2) is 59.7 Å². The first-order valence-corrected chi connectivity index (χ1v) is 8.74. The van der Waals surface area contributed by atoms with E-state index in [1.807, 2.05) is 36.4 Å². The zero-order valence-corrected chi connectivity index (χ0v) is 14.5. The average molecular weight is 360 g/mol. The summed E-state index contributed by atoms with van der Waals surface area (Å²) >= 11 is 1.67. The molecule has 7 heteroatoms. The maximum absolute atomic E-state index is 7.55. The highest BCUT2D eigenvalue weighted by atomic mass is 32.1. The van der Waals surface area contributed by atoms with Crippen molar-refractivity contribution in [3.63, 3.8) is 0 Å². The van der Waals surface area contributed by atoms with Crippen LogP contribution in [0.1, 0.15) is 11.1 Å². The van der Waals surface area contributed by atoms with Gasteiger partial charge < -0.3 is 16.6 Å². The van der Waals surface area contributed by atoms with Gasteiger partial charge >= 0.3 is 0 Å². The lowest BCUT2D eigenvalue weighted by molar-refractivity contribution is 1.26. The molecule has 6 nitrogen and oxygen atoms in total. The Bertz CT molecular complexity index is 1120. The van der Waals surface area contributed by atoms with Crippen LogP contribution in [0.5, 0.6) is 0 Å². The lowest BCUT2D eigenvalue weighted by Crippen LogP contribution is -2.10. The third-order valence-electron chi connectivity index (χ3n) is 4.05. The first kappa shape index (κ1) is 16.0. The van der Waals surface area contributed by atoms with Crippen molar-refractivity contribution in [1.29, 1.82) is 5.41 Å². The van der Waals surface area contributed by atoms with Crippen LogP contribution in [0, 0.1) is 5.41 Å². The van der Waals surface area contributed by atoms with Gasteiger partial charge in [0.15, 0.2) is 0 Å². The molecule has 0 radical (unpaired) electrons. The summed E-state index contributed by atoms with van der Waals surface area (Å²) in [6.07, 6.45) is 1.62. The van der Waals surface area contributed by atoms with Crippen LogP contribution in [0.2, 0.25) is 0 Å². The van der Waals surface area contributed by atoms with Gasteiger partial charge in [-0.3, -0.25) is 5.41 Å². The molecule has 0 saturated carbocycles. The van der Waals surface area contributed by atoms with Crippen molar-refractivity contribution in [3.8, 4) is 21.1 Å². The molecule has 0 saturated heterocycles. The molecule has 4 rings (SSSR count). The predicted octanol–water partition coefficient (Wildman–Crippen LogP) is 3.54. The Morgan fingerprint density at radius 2 is 1.85 bits per heavy atom. The quantitative estimate of drug-likeness (QED) is 0.193. The number of fused-ring (bicyclic) bond motifs is 1. The number of nitrogens with two attached hydrogens (primary N) is 2. The number of hydrogen-bond donors (Lipinski definition) is 4. The zero-order chi connectivity index (χ0) is 18.1. The Morgan fingerprint density at radius 1 is 1.08 bits per heavy atom. The molecule has 0 fully saturated rings. The number of nitrogens with zero attached hydrogens (tertiary/aromatic N) is 2.